The molecule has 2 rings (SSSR count). The molecule has 1 unspecified atom stereocenters. The summed E-state index contributed by atoms with van der Waals surface area (Å²) >= 11 is 0. The van der Waals surface area contributed by atoms with Gasteiger partial charge in [0.15, 0.2) is 6.23 Å². The number of nitrogens with one attached hydrogen (secondary N) is 1. The molecule has 0 spiro atoms. The van der Waals surface area contributed by atoms with Crippen LogP contribution in [0, 0.1) is 0 Å². The van der Waals surface area contributed by atoms with Gasteiger partial charge in [0.05, 0.1) is 6.61 Å². The second-order valence-electron chi connectivity index (χ2n) is 3.89. The van der Waals surface area contributed by atoms with Crippen LogP contribution in [0.4, 0.5) is 0 Å². The Bertz CT molecular complexity index is 357. The fourth-order valence-corrected chi connectivity index (χ4v) is 1.85. The van der Waals surface area contributed by atoms with E-state index >= 15 is 0 Å². The van der Waals surface area contributed by atoms with Crippen LogP contribution in [0.1, 0.15) is 0 Å². The lowest BCUT2D eigenvalue weighted by Crippen LogP contribution is -2.44. The molecule has 2 aliphatic heterocycles. The maximum atomic E-state index is 9.72. The number of nitrogens with zero attached hydrogens (tertiary/aromatic N) is 1. The fourth-order valence-electron chi connectivity index (χ4n) is 1.85. The third-order valence-corrected chi connectivity index (χ3v) is 2.79. The standard InChI is InChI=1S/C9H14N2O6/c12-2-4-5(13)6(14)7(17-4)3-1-10-9(16)11-8(3)15/h1,4-8,12-15H,2H2,(H2,10,11,16)/t4-,5-,6-,7+,8?/m1/s1. The molecule has 0 amide bonds. The van der Waals surface area contributed by atoms with E-state index in [4.69, 9.17) is 14.9 Å². The molecule has 0 aromatic heterocycles. The molecule has 0 radical (unpaired) electrons. The number of ether oxygens (including phenoxy) is 1. The van der Waals surface area contributed by atoms with Gasteiger partial charge < -0.3 is 35.6 Å². The molecule has 8 heteroatoms. The number of hydrogen-bond donors (Lipinski definition) is 6. The largest absolute Gasteiger partial charge is 0.481 e. The Balaban J connectivity index is 2.18. The predicted molar refractivity (Wildman–Crippen MR) is 55.0 cm³/mol. The SMILES string of the molecule is OC[C@H]1O[C@@H](C2=CN=C(O)NC2O)[C@H](O)[C@@H]1O. The first kappa shape index (κ1) is 12.3. The predicted octanol–water partition coefficient (Wildman–Crippen LogP) is -2.81. The van der Waals surface area contributed by atoms with Gasteiger partial charge in [-0.25, -0.2) is 4.99 Å². The number of rotatable bonds is 2. The van der Waals surface area contributed by atoms with Crippen LogP contribution in [-0.4, -0.2) is 68.8 Å². The topological polar surface area (TPSA) is 135 Å². The Morgan fingerprint density at radius 1 is 1.29 bits per heavy atom. The van der Waals surface area contributed by atoms with Gasteiger partial charge in [-0.2, -0.15) is 0 Å². The van der Waals surface area contributed by atoms with Gasteiger partial charge in [0.25, 0.3) is 6.02 Å². The Morgan fingerprint density at radius 3 is 2.53 bits per heavy atom. The molecule has 0 bridgehead atoms. The third kappa shape index (κ3) is 2.13. The molecule has 6 N–H and O–H groups in total. The van der Waals surface area contributed by atoms with Crippen LogP contribution >= 0.6 is 0 Å². The van der Waals surface area contributed by atoms with Crippen molar-refractivity contribution in [1.82, 2.24) is 5.32 Å². The lowest BCUT2D eigenvalue weighted by molar-refractivity contribution is -0.0185. The number of aliphatic imine (C=N–C) groups is 1. The van der Waals surface area contributed by atoms with Crippen LogP contribution in [0.15, 0.2) is 16.8 Å². The molecular formula is C9H14N2O6. The summed E-state index contributed by atoms with van der Waals surface area (Å²) in [6.45, 7) is -0.444. The van der Waals surface area contributed by atoms with Gasteiger partial charge in [-0.05, 0) is 0 Å². The highest BCUT2D eigenvalue weighted by molar-refractivity contribution is 5.73. The number of hydrogen-bond acceptors (Lipinski definition) is 7. The Morgan fingerprint density at radius 2 is 2.00 bits per heavy atom. The van der Waals surface area contributed by atoms with E-state index in [1.807, 2.05) is 0 Å². The van der Waals surface area contributed by atoms with E-state index in [-0.39, 0.29) is 5.57 Å². The maximum absolute atomic E-state index is 9.72. The zero-order valence-electron chi connectivity index (χ0n) is 8.76. The van der Waals surface area contributed by atoms with Crippen molar-refractivity contribution in [3.63, 3.8) is 0 Å². The van der Waals surface area contributed by atoms with Crippen LogP contribution in [0.2, 0.25) is 0 Å². The van der Waals surface area contributed by atoms with Crippen LogP contribution in [0.25, 0.3) is 0 Å². The average Bonchev–Trinajstić information content (AvgIpc) is 2.57. The van der Waals surface area contributed by atoms with Crippen LogP contribution < -0.4 is 5.32 Å². The lowest BCUT2D eigenvalue weighted by atomic mass is 10.0. The first-order chi connectivity index (χ1) is 8.04. The van der Waals surface area contributed by atoms with Gasteiger partial charge in [0.2, 0.25) is 0 Å². The molecule has 0 aromatic rings. The number of aliphatic hydroxyl groups excluding tert-OH is 5. The second-order valence-corrected chi connectivity index (χ2v) is 3.89. The molecule has 5 atom stereocenters. The molecule has 1 saturated heterocycles. The Kier molecular flexibility index (Phi) is 3.31. The second kappa shape index (κ2) is 4.59. The van der Waals surface area contributed by atoms with E-state index in [0.29, 0.717) is 0 Å². The van der Waals surface area contributed by atoms with E-state index in [1.165, 1.54) is 0 Å². The Labute approximate surface area is 96.5 Å². The minimum Gasteiger partial charge on any atom is -0.481 e. The molecule has 2 heterocycles. The molecule has 17 heavy (non-hydrogen) atoms. The minimum atomic E-state index is -1.27. The Hall–Kier alpha value is -1.19. The smallest absolute Gasteiger partial charge is 0.289 e. The van der Waals surface area contributed by atoms with E-state index < -0.39 is 43.3 Å². The van der Waals surface area contributed by atoms with Gasteiger partial charge in [0.1, 0.15) is 24.4 Å². The molecule has 0 saturated carbocycles. The molecule has 2 aliphatic rings. The minimum absolute atomic E-state index is 0.172. The summed E-state index contributed by atoms with van der Waals surface area (Å²) < 4.78 is 5.21. The molecule has 8 nitrogen and oxygen atoms in total. The summed E-state index contributed by atoms with van der Waals surface area (Å²) in [6, 6.07) is -0.451. The molecule has 0 aromatic carbocycles. The number of amidine groups is 1. The van der Waals surface area contributed by atoms with Gasteiger partial charge in [-0.1, -0.05) is 0 Å². The van der Waals surface area contributed by atoms with Crippen molar-refractivity contribution in [2.75, 3.05) is 6.61 Å². The highest BCUT2D eigenvalue weighted by atomic mass is 16.6. The van der Waals surface area contributed by atoms with Crippen molar-refractivity contribution in [3.8, 4) is 0 Å². The average molecular weight is 246 g/mol. The van der Waals surface area contributed by atoms with Gasteiger partial charge in [-0.3, -0.25) is 0 Å². The monoisotopic (exact) mass is 246 g/mol. The van der Waals surface area contributed by atoms with Crippen molar-refractivity contribution in [1.29, 1.82) is 0 Å². The van der Waals surface area contributed by atoms with Crippen molar-refractivity contribution in [2.24, 2.45) is 4.99 Å². The fraction of sp³-hybridized carbons (Fsp3) is 0.667. The first-order valence-electron chi connectivity index (χ1n) is 5.08. The summed E-state index contributed by atoms with van der Waals surface area (Å²) in [6.07, 6.45) is -4.53. The van der Waals surface area contributed by atoms with E-state index in [1.54, 1.807) is 0 Å². The molecule has 1 fully saturated rings. The number of aliphatic hydroxyl groups is 5. The lowest BCUT2D eigenvalue weighted by Gasteiger charge is -2.25. The highest BCUT2D eigenvalue weighted by Crippen LogP contribution is 2.28. The molecule has 96 valence electrons. The third-order valence-electron chi connectivity index (χ3n) is 2.79. The van der Waals surface area contributed by atoms with Crippen molar-refractivity contribution in [3.05, 3.63) is 11.8 Å². The normalized spacial score (nSPS) is 41.8. The van der Waals surface area contributed by atoms with E-state index in [9.17, 15) is 15.3 Å². The zero-order valence-corrected chi connectivity index (χ0v) is 8.76. The summed E-state index contributed by atoms with van der Waals surface area (Å²) in [7, 11) is 0. The van der Waals surface area contributed by atoms with Crippen LogP contribution in [0.5, 0.6) is 0 Å². The summed E-state index contributed by atoms with van der Waals surface area (Å²) in [5.74, 6) is 0. The first-order valence-corrected chi connectivity index (χ1v) is 5.08. The summed E-state index contributed by atoms with van der Waals surface area (Å²) in [5, 5.41) is 49.0. The summed E-state index contributed by atoms with van der Waals surface area (Å²) in [4.78, 5) is 3.52. The van der Waals surface area contributed by atoms with Crippen LogP contribution in [-0.2, 0) is 4.74 Å². The van der Waals surface area contributed by atoms with Crippen molar-refractivity contribution < 1.29 is 30.3 Å². The van der Waals surface area contributed by atoms with Gasteiger partial charge in [0, 0.05) is 11.8 Å². The maximum Gasteiger partial charge on any atom is 0.289 e. The highest BCUT2D eigenvalue weighted by Gasteiger charge is 2.45. The van der Waals surface area contributed by atoms with E-state index in [2.05, 4.69) is 10.3 Å². The summed E-state index contributed by atoms with van der Waals surface area (Å²) in [5.41, 5.74) is 0.172. The van der Waals surface area contributed by atoms with Crippen LogP contribution in [0.3, 0.4) is 0 Å². The van der Waals surface area contributed by atoms with Gasteiger partial charge >= 0.3 is 0 Å². The van der Waals surface area contributed by atoms with Gasteiger partial charge in [-0.15, -0.1) is 0 Å². The molecular weight excluding hydrogens is 232 g/mol. The van der Waals surface area contributed by atoms with Crippen molar-refractivity contribution >= 4 is 6.02 Å². The quantitative estimate of drug-likeness (QED) is 0.309. The van der Waals surface area contributed by atoms with E-state index in [0.717, 1.165) is 6.20 Å². The molecule has 0 aliphatic carbocycles. The van der Waals surface area contributed by atoms with Crippen molar-refractivity contribution in [2.45, 2.75) is 30.6 Å². The zero-order chi connectivity index (χ0) is 12.6.